The molecule has 0 saturated carbocycles. The Bertz CT molecular complexity index is 980. The van der Waals surface area contributed by atoms with Gasteiger partial charge in [0.05, 0.1) is 6.04 Å². The van der Waals surface area contributed by atoms with Gasteiger partial charge in [-0.1, -0.05) is 18.5 Å². The number of rotatable bonds is 7. The minimum Gasteiger partial charge on any atom is -0.467 e. The Labute approximate surface area is 188 Å². The highest BCUT2D eigenvalue weighted by Crippen LogP contribution is 2.36. The van der Waals surface area contributed by atoms with Crippen LogP contribution in [-0.4, -0.2) is 46.7 Å². The average Bonchev–Trinajstić information content (AvgIpc) is 3.04. The number of ether oxygens (including phenoxy) is 1. The number of pyridine rings is 1. The van der Waals surface area contributed by atoms with E-state index in [1.807, 2.05) is 6.92 Å². The number of hydrogen-bond donors (Lipinski definition) is 2. The van der Waals surface area contributed by atoms with Crippen LogP contribution < -0.4 is 15.4 Å². The van der Waals surface area contributed by atoms with Gasteiger partial charge in [-0.15, -0.1) is 0 Å². The molecular formula is C21H24ClF3N4O3. The van der Waals surface area contributed by atoms with Crippen LogP contribution >= 0.6 is 11.6 Å². The third kappa shape index (κ3) is 5.01. The summed E-state index contributed by atoms with van der Waals surface area (Å²) < 4.78 is 41.8. The molecule has 3 heterocycles. The number of carbonyl (C=O) groups is 2. The summed E-state index contributed by atoms with van der Waals surface area (Å²) >= 11 is 6.06. The SMILES string of the molecule is CCCC(=O)NC1(C)NC=CC2=C1CN(C(C)c1cnc(OCC(F)(F)F)c(Cl)c1)C2=O. The van der Waals surface area contributed by atoms with Crippen molar-refractivity contribution in [2.75, 3.05) is 13.2 Å². The Morgan fingerprint density at radius 1 is 1.47 bits per heavy atom. The number of halogens is 4. The van der Waals surface area contributed by atoms with Gasteiger partial charge >= 0.3 is 6.18 Å². The van der Waals surface area contributed by atoms with Gasteiger partial charge in [0.1, 0.15) is 10.7 Å². The van der Waals surface area contributed by atoms with E-state index in [2.05, 4.69) is 20.4 Å². The maximum absolute atomic E-state index is 13.1. The Morgan fingerprint density at radius 2 is 2.19 bits per heavy atom. The van der Waals surface area contributed by atoms with Crippen molar-refractivity contribution in [2.45, 2.75) is 51.5 Å². The van der Waals surface area contributed by atoms with Crippen LogP contribution in [0.5, 0.6) is 5.88 Å². The van der Waals surface area contributed by atoms with Crippen LogP contribution in [0.3, 0.4) is 0 Å². The van der Waals surface area contributed by atoms with Crippen LogP contribution in [0.4, 0.5) is 13.2 Å². The van der Waals surface area contributed by atoms with E-state index < -0.39 is 24.5 Å². The van der Waals surface area contributed by atoms with Crippen LogP contribution in [0.2, 0.25) is 5.02 Å². The summed E-state index contributed by atoms with van der Waals surface area (Å²) in [6.07, 6.45) is 1.18. The molecule has 174 valence electrons. The van der Waals surface area contributed by atoms with Gasteiger partial charge in [0.2, 0.25) is 11.8 Å². The number of alkyl halides is 3. The van der Waals surface area contributed by atoms with E-state index >= 15 is 0 Å². The minimum absolute atomic E-state index is 0.0822. The van der Waals surface area contributed by atoms with Crippen LogP contribution in [0, 0.1) is 0 Å². The fourth-order valence-electron chi connectivity index (χ4n) is 3.69. The van der Waals surface area contributed by atoms with Crippen LogP contribution in [-0.2, 0) is 9.59 Å². The number of dihydropyridines is 1. The third-order valence-corrected chi connectivity index (χ3v) is 5.66. The molecule has 0 aliphatic carbocycles. The second-order valence-corrected chi connectivity index (χ2v) is 8.27. The molecular weight excluding hydrogens is 449 g/mol. The smallest absolute Gasteiger partial charge is 0.422 e. The Morgan fingerprint density at radius 3 is 2.81 bits per heavy atom. The molecule has 2 aliphatic rings. The van der Waals surface area contributed by atoms with Gasteiger partial charge in [-0.25, -0.2) is 4.98 Å². The molecule has 0 bridgehead atoms. The third-order valence-electron chi connectivity index (χ3n) is 5.39. The first kappa shape index (κ1) is 23.9. The summed E-state index contributed by atoms with van der Waals surface area (Å²) in [5, 5.41) is 6.00. The molecule has 0 radical (unpaired) electrons. The first-order chi connectivity index (χ1) is 14.9. The highest BCUT2D eigenvalue weighted by Gasteiger charge is 2.43. The van der Waals surface area contributed by atoms with Gasteiger partial charge in [-0.05, 0) is 44.2 Å². The first-order valence-corrected chi connectivity index (χ1v) is 10.5. The molecule has 7 nitrogen and oxygen atoms in total. The summed E-state index contributed by atoms with van der Waals surface area (Å²) in [6, 6.07) is 0.963. The average molecular weight is 473 g/mol. The van der Waals surface area contributed by atoms with E-state index in [0.29, 0.717) is 24.0 Å². The van der Waals surface area contributed by atoms with Crippen molar-refractivity contribution in [2.24, 2.45) is 0 Å². The molecule has 2 aliphatic heterocycles. The number of aromatic nitrogens is 1. The van der Waals surface area contributed by atoms with Crippen molar-refractivity contribution in [3.63, 3.8) is 0 Å². The van der Waals surface area contributed by atoms with Crippen molar-refractivity contribution in [3.8, 4) is 5.88 Å². The monoisotopic (exact) mass is 472 g/mol. The van der Waals surface area contributed by atoms with Gasteiger partial charge in [0.25, 0.3) is 5.91 Å². The maximum atomic E-state index is 13.1. The Hall–Kier alpha value is -2.75. The number of amides is 2. The van der Waals surface area contributed by atoms with Crippen molar-refractivity contribution in [3.05, 3.63) is 46.3 Å². The standard InChI is InChI=1S/C21H24ClF3N4O3/c1-4-5-17(30)28-20(3)15-10-29(19(31)14(15)6-7-27-20)12(2)13-8-16(22)18(26-9-13)32-11-21(23,24)25/h6-9,12,27H,4-5,10-11H2,1-3H3,(H,28,30). The minimum atomic E-state index is -4.51. The van der Waals surface area contributed by atoms with Gasteiger partial charge in [0, 0.05) is 30.3 Å². The number of nitrogens with one attached hydrogen (secondary N) is 2. The second kappa shape index (κ2) is 9.01. The quantitative estimate of drug-likeness (QED) is 0.633. The van der Waals surface area contributed by atoms with Crippen molar-refractivity contribution in [1.29, 1.82) is 0 Å². The van der Waals surface area contributed by atoms with E-state index in [9.17, 15) is 22.8 Å². The summed E-state index contributed by atoms with van der Waals surface area (Å²) in [7, 11) is 0. The molecule has 2 amide bonds. The highest BCUT2D eigenvalue weighted by molar-refractivity contribution is 6.31. The zero-order valence-corrected chi connectivity index (χ0v) is 18.6. The predicted octanol–water partition coefficient (Wildman–Crippen LogP) is 3.63. The molecule has 2 unspecified atom stereocenters. The molecule has 0 spiro atoms. The van der Waals surface area contributed by atoms with Gasteiger partial charge < -0.3 is 20.3 Å². The molecule has 2 atom stereocenters. The topological polar surface area (TPSA) is 83.6 Å². The molecule has 3 rings (SSSR count). The zero-order chi connectivity index (χ0) is 23.7. The van der Waals surface area contributed by atoms with Crippen LogP contribution in [0.15, 0.2) is 35.7 Å². The lowest BCUT2D eigenvalue weighted by Crippen LogP contribution is -2.58. The van der Waals surface area contributed by atoms with E-state index in [4.69, 9.17) is 11.6 Å². The summed E-state index contributed by atoms with van der Waals surface area (Å²) in [6.45, 7) is 4.22. The molecule has 1 aromatic rings. The molecule has 0 aromatic carbocycles. The van der Waals surface area contributed by atoms with Gasteiger partial charge in [-0.2, -0.15) is 13.2 Å². The fraction of sp³-hybridized carbons (Fsp3) is 0.476. The fourth-order valence-corrected chi connectivity index (χ4v) is 3.92. The Kier molecular flexibility index (Phi) is 6.73. The van der Waals surface area contributed by atoms with Crippen molar-refractivity contribution < 1.29 is 27.5 Å². The second-order valence-electron chi connectivity index (χ2n) is 7.86. The molecule has 1 aromatic heterocycles. The predicted molar refractivity (Wildman–Crippen MR) is 112 cm³/mol. The molecule has 32 heavy (non-hydrogen) atoms. The lowest BCUT2D eigenvalue weighted by Gasteiger charge is -2.35. The van der Waals surface area contributed by atoms with Gasteiger partial charge in [0.15, 0.2) is 6.61 Å². The lowest BCUT2D eigenvalue weighted by molar-refractivity contribution is -0.154. The van der Waals surface area contributed by atoms with Crippen molar-refractivity contribution >= 4 is 23.4 Å². The number of hydrogen-bond acceptors (Lipinski definition) is 5. The maximum Gasteiger partial charge on any atom is 0.422 e. The number of nitrogens with zero attached hydrogens (tertiary/aromatic N) is 2. The van der Waals surface area contributed by atoms with E-state index in [-0.39, 0.29) is 29.3 Å². The molecule has 11 heteroatoms. The van der Waals surface area contributed by atoms with E-state index in [1.165, 1.54) is 12.3 Å². The normalized spacial score (nSPS) is 21.3. The highest BCUT2D eigenvalue weighted by atomic mass is 35.5. The summed E-state index contributed by atoms with van der Waals surface area (Å²) in [5.41, 5.74) is 0.840. The lowest BCUT2D eigenvalue weighted by atomic mass is 9.94. The number of carbonyl (C=O) groups excluding carboxylic acids is 2. The summed E-state index contributed by atoms with van der Waals surface area (Å²) in [5.74, 6) is -0.688. The first-order valence-electron chi connectivity index (χ1n) is 10.1. The van der Waals surface area contributed by atoms with Crippen LogP contribution in [0.1, 0.15) is 45.2 Å². The summed E-state index contributed by atoms with van der Waals surface area (Å²) in [4.78, 5) is 30.8. The molecule has 2 N–H and O–H groups in total. The van der Waals surface area contributed by atoms with E-state index in [1.54, 1.807) is 31.0 Å². The van der Waals surface area contributed by atoms with E-state index in [0.717, 1.165) is 5.57 Å². The molecule has 0 fully saturated rings. The zero-order valence-electron chi connectivity index (χ0n) is 17.8. The van der Waals surface area contributed by atoms with Gasteiger partial charge in [-0.3, -0.25) is 9.59 Å². The molecule has 0 saturated heterocycles. The van der Waals surface area contributed by atoms with Crippen LogP contribution in [0.25, 0.3) is 0 Å². The van der Waals surface area contributed by atoms with Crippen molar-refractivity contribution in [1.82, 2.24) is 20.5 Å². The Balaban J connectivity index is 1.77. The largest absolute Gasteiger partial charge is 0.467 e.